The first kappa shape index (κ1) is 80.7. The third-order valence-corrected chi connectivity index (χ3v) is 14.3. The van der Waals surface area contributed by atoms with Crippen LogP contribution in [-0.4, -0.2) is 95.9 Å². The fraction of sp³-hybridized carbons (Fsp3) is 0.627. The van der Waals surface area contributed by atoms with Crippen LogP contribution in [0.15, 0.2) is 134 Å². The summed E-state index contributed by atoms with van der Waals surface area (Å²) in [6.07, 6.45) is 68.2. The Balaban J connectivity index is 4.79. The lowest BCUT2D eigenvalue weighted by molar-refractivity contribution is -0.161. The van der Waals surface area contributed by atoms with Crippen molar-refractivity contribution in [2.45, 2.75) is 232 Å². The molecule has 18 heteroatoms. The highest BCUT2D eigenvalue weighted by Crippen LogP contribution is 2.45. The Kier molecular flexibility index (Phi) is 57.0. The Morgan fingerprint density at radius 2 is 0.647 bits per heavy atom. The minimum atomic E-state index is -4.94. The normalized spacial score (nSPS) is 15.2. The van der Waals surface area contributed by atoms with E-state index in [4.69, 9.17) is 32.3 Å². The van der Waals surface area contributed by atoms with Crippen LogP contribution in [0.3, 0.4) is 0 Å². The van der Waals surface area contributed by atoms with Gasteiger partial charge < -0.3 is 34.2 Å². The highest BCUT2D eigenvalue weighted by molar-refractivity contribution is 7.47. The molecule has 0 aromatic rings. The first-order valence-electron chi connectivity index (χ1n) is 31.5. The van der Waals surface area contributed by atoms with Crippen molar-refractivity contribution in [1.29, 1.82) is 0 Å². The molecule has 0 aliphatic carbocycles. The van der Waals surface area contributed by atoms with Crippen LogP contribution in [0.1, 0.15) is 213 Å². The van der Waals surface area contributed by atoms with Crippen molar-refractivity contribution in [3.05, 3.63) is 134 Å². The van der Waals surface area contributed by atoms with Crippen LogP contribution in [0.5, 0.6) is 0 Å². The van der Waals surface area contributed by atoms with Gasteiger partial charge in [0.15, 0.2) is 6.10 Å². The quantitative estimate of drug-likeness (QED) is 0.0146. The highest BCUT2D eigenvalue weighted by atomic mass is 31.2. The summed E-state index contributed by atoms with van der Waals surface area (Å²) in [6, 6.07) is 0. The van der Waals surface area contributed by atoms with Gasteiger partial charge in [-0.15, -0.1) is 0 Å². The number of hydrogen-bond donors (Lipinski definition) is 4. The SMILES string of the molecule is CC/C=C\C/C=C\C/C=C\C/C=C\C/C=C\C/C=C\CCC(=O)OCC(O)COP(=O)(O)OCC(O)COP(=O)(O)OCC(COC(=O)CCC/C=C\C/C=C\C/C=C\C/C=C\C/C=C\CC)OC(=O)CCCCCCCCCCCCCCC. The average Bonchev–Trinajstić information content (AvgIpc) is 3.51. The highest BCUT2D eigenvalue weighted by Gasteiger charge is 2.29. The molecule has 0 saturated carbocycles. The molecule has 5 atom stereocenters. The molecule has 0 aromatic heterocycles. The number of rotatable bonds is 58. The van der Waals surface area contributed by atoms with Crippen LogP contribution in [0.4, 0.5) is 0 Å². The summed E-state index contributed by atoms with van der Waals surface area (Å²) in [7, 11) is -9.81. The van der Waals surface area contributed by atoms with E-state index in [1.165, 1.54) is 51.4 Å². The van der Waals surface area contributed by atoms with Gasteiger partial charge in [-0.05, 0) is 96.3 Å². The first-order valence-corrected chi connectivity index (χ1v) is 34.5. The van der Waals surface area contributed by atoms with Crippen LogP contribution in [0.2, 0.25) is 0 Å². The lowest BCUT2D eigenvalue weighted by atomic mass is 10.0. The number of aliphatic hydroxyl groups excluding tert-OH is 2. The molecule has 0 rings (SSSR count). The summed E-state index contributed by atoms with van der Waals surface area (Å²) in [4.78, 5) is 58.1. The van der Waals surface area contributed by atoms with Crippen molar-refractivity contribution in [3.8, 4) is 0 Å². The summed E-state index contributed by atoms with van der Waals surface area (Å²) in [6.45, 7) is 2.25. The molecule has 0 radical (unpaired) electrons. The van der Waals surface area contributed by atoms with Crippen molar-refractivity contribution in [2.75, 3.05) is 39.6 Å². The molecule has 16 nitrogen and oxygen atoms in total. The van der Waals surface area contributed by atoms with Gasteiger partial charge in [0.25, 0.3) is 0 Å². The van der Waals surface area contributed by atoms with Crippen LogP contribution in [0.25, 0.3) is 0 Å². The summed E-state index contributed by atoms with van der Waals surface area (Å²) >= 11 is 0. The predicted octanol–water partition coefficient (Wildman–Crippen LogP) is 16.9. The number of carbonyl (C=O) groups is 3. The standard InChI is InChI=1S/C67H110O16P2/c1-4-7-10-13-16-19-22-25-27-29-30-32-34-36-38-41-44-47-50-53-65(70)77-56-62(68)57-79-84(73,74)80-58-63(69)59-81-85(75,76)82-61-64(83-67(72)55-52-49-46-43-40-35-24-21-18-15-12-9-6-3)60-78-66(71)54-51-48-45-42-39-37-33-31-28-26-23-20-17-14-11-8-5-2/h7-8,10-11,16-17,19-20,25-28,30,32-33,36-38,42,44-45,47,62-64,68-69H,4-6,9,12-15,18,21-24,29,31,34-35,39-41,43,46,48-61H2,1-3H3,(H,73,74)(H,75,76)/b10-7-,11-8-,19-16-,20-17-,27-25-,28-26-,32-30-,37-33-,38-36-,45-42-,47-44-. The van der Waals surface area contributed by atoms with Gasteiger partial charge in [-0.3, -0.25) is 32.5 Å². The largest absolute Gasteiger partial charge is 0.472 e. The summed E-state index contributed by atoms with van der Waals surface area (Å²) in [5, 5.41) is 20.5. The van der Waals surface area contributed by atoms with Gasteiger partial charge in [0.05, 0.1) is 26.4 Å². The molecule has 0 amide bonds. The van der Waals surface area contributed by atoms with E-state index >= 15 is 0 Å². The number of unbranched alkanes of at least 4 members (excludes halogenated alkanes) is 13. The van der Waals surface area contributed by atoms with E-state index in [0.29, 0.717) is 32.1 Å². The molecule has 0 saturated heterocycles. The Morgan fingerprint density at radius 1 is 0.341 bits per heavy atom. The van der Waals surface area contributed by atoms with Gasteiger partial charge in [-0.25, -0.2) is 9.13 Å². The van der Waals surface area contributed by atoms with Gasteiger partial charge in [-0.2, -0.15) is 0 Å². The third kappa shape index (κ3) is 61.1. The van der Waals surface area contributed by atoms with Gasteiger partial charge in [0.2, 0.25) is 0 Å². The van der Waals surface area contributed by atoms with E-state index in [-0.39, 0.29) is 19.3 Å². The maximum absolute atomic E-state index is 12.9. The molecule has 0 aliphatic heterocycles. The number of esters is 3. The number of phosphoric acid groups is 2. The van der Waals surface area contributed by atoms with E-state index in [2.05, 4.69) is 124 Å². The van der Waals surface area contributed by atoms with Crippen molar-refractivity contribution in [1.82, 2.24) is 0 Å². The molecule has 0 aromatic carbocycles. The molecule has 5 unspecified atom stereocenters. The van der Waals surface area contributed by atoms with E-state index < -0.39 is 91.5 Å². The topological polar surface area (TPSA) is 231 Å². The zero-order valence-electron chi connectivity index (χ0n) is 52.0. The number of aliphatic hydroxyl groups is 2. The molecule has 0 bridgehead atoms. The summed E-state index contributed by atoms with van der Waals surface area (Å²) in [5.41, 5.74) is 0. The Morgan fingerprint density at radius 3 is 1.05 bits per heavy atom. The number of phosphoric ester groups is 2. The second-order valence-corrected chi connectivity index (χ2v) is 23.4. The molecule has 0 heterocycles. The van der Waals surface area contributed by atoms with E-state index in [1.54, 1.807) is 0 Å². The van der Waals surface area contributed by atoms with Gasteiger partial charge in [-0.1, -0.05) is 231 Å². The molecule has 484 valence electrons. The first-order chi connectivity index (χ1) is 41.2. The fourth-order valence-electron chi connectivity index (χ4n) is 7.63. The van der Waals surface area contributed by atoms with E-state index in [0.717, 1.165) is 89.9 Å². The van der Waals surface area contributed by atoms with Crippen LogP contribution < -0.4 is 0 Å². The number of carbonyl (C=O) groups excluding carboxylic acids is 3. The zero-order valence-corrected chi connectivity index (χ0v) is 53.8. The zero-order chi connectivity index (χ0) is 62.4. The molecule has 85 heavy (non-hydrogen) atoms. The fourth-order valence-corrected chi connectivity index (χ4v) is 9.21. The van der Waals surface area contributed by atoms with E-state index in [9.17, 15) is 43.5 Å². The molecular formula is C67H110O16P2. The minimum Gasteiger partial charge on any atom is -0.463 e. The lowest BCUT2D eigenvalue weighted by Gasteiger charge is -2.21. The lowest BCUT2D eigenvalue weighted by Crippen LogP contribution is -2.30. The number of allylic oxidation sites excluding steroid dienone is 22. The molecule has 0 fully saturated rings. The summed E-state index contributed by atoms with van der Waals surface area (Å²) < 4.78 is 60.6. The number of ether oxygens (including phenoxy) is 3. The minimum absolute atomic E-state index is 0.0556. The van der Waals surface area contributed by atoms with E-state index in [1.807, 2.05) is 30.4 Å². The van der Waals surface area contributed by atoms with Crippen LogP contribution in [0, 0.1) is 0 Å². The maximum atomic E-state index is 12.9. The van der Waals surface area contributed by atoms with Crippen molar-refractivity contribution in [2.24, 2.45) is 0 Å². The Labute approximate surface area is 512 Å². The molecule has 4 N–H and O–H groups in total. The monoisotopic (exact) mass is 1230 g/mol. The molecule has 0 aliphatic rings. The second-order valence-electron chi connectivity index (χ2n) is 20.5. The van der Waals surface area contributed by atoms with Gasteiger partial charge >= 0.3 is 33.6 Å². The maximum Gasteiger partial charge on any atom is 0.472 e. The summed E-state index contributed by atoms with van der Waals surface area (Å²) in [5.74, 6) is -1.73. The van der Waals surface area contributed by atoms with Crippen LogP contribution >= 0.6 is 15.6 Å². The Bertz CT molecular complexity index is 2090. The van der Waals surface area contributed by atoms with Gasteiger partial charge in [0, 0.05) is 19.3 Å². The second kappa shape index (κ2) is 60.0. The van der Waals surface area contributed by atoms with Gasteiger partial charge in [0.1, 0.15) is 25.4 Å². The molecular weight excluding hydrogens is 1120 g/mol. The smallest absolute Gasteiger partial charge is 0.463 e. The molecule has 0 spiro atoms. The Hall–Kier alpha value is -4.31. The average molecular weight is 1230 g/mol. The van der Waals surface area contributed by atoms with Crippen molar-refractivity contribution >= 4 is 33.6 Å². The van der Waals surface area contributed by atoms with Crippen molar-refractivity contribution in [3.63, 3.8) is 0 Å². The van der Waals surface area contributed by atoms with Crippen molar-refractivity contribution < 1.29 is 75.8 Å². The number of hydrogen-bond acceptors (Lipinski definition) is 14. The third-order valence-electron chi connectivity index (χ3n) is 12.4. The van der Waals surface area contributed by atoms with Crippen LogP contribution in [-0.2, 0) is 55.8 Å². The predicted molar refractivity (Wildman–Crippen MR) is 343 cm³/mol.